The molecular formula is C14H24O3. The summed E-state index contributed by atoms with van der Waals surface area (Å²) in [5.41, 5.74) is -0.858. The third-order valence-corrected chi connectivity index (χ3v) is 4.03. The SMILES string of the molecule is CC1CC(C)(C)CC(OCC2CC2)(C(=O)O)C1. The van der Waals surface area contributed by atoms with E-state index in [1.807, 2.05) is 0 Å². The molecule has 2 rings (SSSR count). The lowest BCUT2D eigenvalue weighted by atomic mass is 9.65. The average Bonchev–Trinajstić information content (AvgIpc) is 2.94. The minimum atomic E-state index is -0.927. The zero-order valence-electron chi connectivity index (χ0n) is 11.2. The molecule has 17 heavy (non-hydrogen) atoms. The fourth-order valence-corrected chi connectivity index (χ4v) is 3.39. The molecule has 0 aromatic heterocycles. The summed E-state index contributed by atoms with van der Waals surface area (Å²) in [4.78, 5) is 11.6. The van der Waals surface area contributed by atoms with Crippen molar-refractivity contribution in [2.45, 2.75) is 58.5 Å². The molecule has 0 radical (unpaired) electrons. The molecule has 0 bridgehead atoms. The Hall–Kier alpha value is -0.570. The van der Waals surface area contributed by atoms with Gasteiger partial charge in [-0.2, -0.15) is 0 Å². The van der Waals surface area contributed by atoms with Gasteiger partial charge in [-0.25, -0.2) is 4.79 Å². The molecule has 0 saturated heterocycles. The molecule has 1 N–H and O–H groups in total. The number of carboxylic acids is 1. The Balaban J connectivity index is 2.10. The molecule has 0 spiro atoms. The van der Waals surface area contributed by atoms with E-state index >= 15 is 0 Å². The molecule has 2 aliphatic rings. The van der Waals surface area contributed by atoms with Gasteiger partial charge in [-0.1, -0.05) is 20.8 Å². The highest BCUT2D eigenvalue weighted by Crippen LogP contribution is 2.46. The summed E-state index contributed by atoms with van der Waals surface area (Å²) in [6, 6.07) is 0. The summed E-state index contributed by atoms with van der Waals surface area (Å²) < 4.78 is 5.86. The third kappa shape index (κ3) is 3.01. The highest BCUT2D eigenvalue weighted by atomic mass is 16.5. The molecule has 2 aliphatic carbocycles. The van der Waals surface area contributed by atoms with E-state index in [-0.39, 0.29) is 5.41 Å². The normalized spacial score (nSPS) is 36.8. The van der Waals surface area contributed by atoms with Crippen LogP contribution in [0.25, 0.3) is 0 Å². The number of hydrogen-bond donors (Lipinski definition) is 1. The van der Waals surface area contributed by atoms with Crippen LogP contribution in [0.2, 0.25) is 0 Å². The van der Waals surface area contributed by atoms with Crippen LogP contribution in [0.3, 0.4) is 0 Å². The van der Waals surface area contributed by atoms with E-state index in [9.17, 15) is 9.90 Å². The van der Waals surface area contributed by atoms with E-state index in [2.05, 4.69) is 20.8 Å². The smallest absolute Gasteiger partial charge is 0.335 e. The molecule has 2 fully saturated rings. The Labute approximate surface area is 104 Å². The fraction of sp³-hybridized carbons (Fsp3) is 0.929. The summed E-state index contributed by atoms with van der Waals surface area (Å²) >= 11 is 0. The number of hydrogen-bond acceptors (Lipinski definition) is 2. The molecule has 98 valence electrons. The quantitative estimate of drug-likeness (QED) is 0.821. The molecule has 0 amide bonds. The van der Waals surface area contributed by atoms with Gasteiger partial charge < -0.3 is 9.84 Å². The lowest BCUT2D eigenvalue weighted by Gasteiger charge is -2.44. The zero-order chi connectivity index (χ0) is 12.7. The fourth-order valence-electron chi connectivity index (χ4n) is 3.39. The second kappa shape index (κ2) is 4.27. The third-order valence-electron chi connectivity index (χ3n) is 4.03. The zero-order valence-corrected chi connectivity index (χ0v) is 11.2. The van der Waals surface area contributed by atoms with Gasteiger partial charge in [0.1, 0.15) is 0 Å². The number of carboxylic acid groups (broad SMARTS) is 1. The van der Waals surface area contributed by atoms with Gasteiger partial charge in [-0.3, -0.25) is 0 Å². The first-order chi connectivity index (χ1) is 7.83. The van der Waals surface area contributed by atoms with E-state index in [4.69, 9.17) is 4.74 Å². The number of ether oxygens (including phenoxy) is 1. The number of carbonyl (C=O) groups is 1. The predicted molar refractivity (Wildman–Crippen MR) is 65.8 cm³/mol. The van der Waals surface area contributed by atoms with Crippen LogP contribution in [-0.4, -0.2) is 23.3 Å². The first kappa shape index (κ1) is 12.9. The predicted octanol–water partition coefficient (Wildman–Crippen LogP) is 3.08. The van der Waals surface area contributed by atoms with Crippen LogP contribution < -0.4 is 0 Å². The largest absolute Gasteiger partial charge is 0.479 e. The van der Waals surface area contributed by atoms with Gasteiger partial charge in [-0.05, 0) is 49.4 Å². The van der Waals surface area contributed by atoms with E-state index in [1.54, 1.807) is 0 Å². The molecule has 2 unspecified atom stereocenters. The highest BCUT2D eigenvalue weighted by molar-refractivity contribution is 5.77. The van der Waals surface area contributed by atoms with Gasteiger partial charge in [0.25, 0.3) is 0 Å². The van der Waals surface area contributed by atoms with Crippen LogP contribution in [0.4, 0.5) is 0 Å². The van der Waals surface area contributed by atoms with Crippen molar-refractivity contribution in [3.05, 3.63) is 0 Å². The van der Waals surface area contributed by atoms with Crippen LogP contribution in [0, 0.1) is 17.3 Å². The standard InChI is InChI=1S/C14H24O3/c1-10-6-13(2,3)9-14(7-10,12(15)16)17-8-11-4-5-11/h10-11H,4-9H2,1-3H3,(H,15,16). The Morgan fingerprint density at radius 2 is 2.00 bits per heavy atom. The van der Waals surface area contributed by atoms with Crippen molar-refractivity contribution in [2.24, 2.45) is 17.3 Å². The van der Waals surface area contributed by atoms with Gasteiger partial charge in [0.15, 0.2) is 5.60 Å². The first-order valence-electron chi connectivity index (χ1n) is 6.70. The molecular weight excluding hydrogens is 216 g/mol. The van der Waals surface area contributed by atoms with E-state index in [1.165, 1.54) is 12.8 Å². The second-order valence-corrected chi connectivity index (χ2v) is 6.91. The Kier molecular flexibility index (Phi) is 3.23. The van der Waals surface area contributed by atoms with Crippen LogP contribution in [0.1, 0.15) is 52.9 Å². The number of aliphatic carboxylic acids is 1. The maximum atomic E-state index is 11.6. The van der Waals surface area contributed by atoms with Crippen molar-refractivity contribution in [2.75, 3.05) is 6.61 Å². The Morgan fingerprint density at radius 1 is 1.35 bits per heavy atom. The number of rotatable bonds is 4. The van der Waals surface area contributed by atoms with Crippen molar-refractivity contribution in [1.29, 1.82) is 0 Å². The molecule has 3 heteroatoms. The monoisotopic (exact) mass is 240 g/mol. The van der Waals surface area contributed by atoms with Gasteiger partial charge in [0, 0.05) is 0 Å². The summed E-state index contributed by atoms with van der Waals surface area (Å²) in [6.07, 6.45) is 4.81. The summed E-state index contributed by atoms with van der Waals surface area (Å²) in [5.74, 6) is 0.276. The van der Waals surface area contributed by atoms with Crippen LogP contribution >= 0.6 is 0 Å². The Bertz CT molecular complexity index is 307. The molecule has 0 aliphatic heterocycles. The lowest BCUT2D eigenvalue weighted by molar-refractivity contribution is -0.181. The highest BCUT2D eigenvalue weighted by Gasteiger charge is 2.49. The topological polar surface area (TPSA) is 46.5 Å². The van der Waals surface area contributed by atoms with E-state index < -0.39 is 11.6 Å². The van der Waals surface area contributed by atoms with Gasteiger partial charge in [-0.15, -0.1) is 0 Å². The molecule has 0 heterocycles. The maximum absolute atomic E-state index is 11.6. The summed E-state index contributed by atoms with van der Waals surface area (Å²) in [6.45, 7) is 7.08. The Morgan fingerprint density at radius 3 is 2.47 bits per heavy atom. The minimum Gasteiger partial charge on any atom is -0.479 e. The summed E-state index contributed by atoms with van der Waals surface area (Å²) in [7, 11) is 0. The van der Waals surface area contributed by atoms with Crippen LogP contribution in [0.5, 0.6) is 0 Å². The van der Waals surface area contributed by atoms with Crippen molar-refractivity contribution in [1.82, 2.24) is 0 Å². The molecule has 0 aromatic carbocycles. The van der Waals surface area contributed by atoms with Gasteiger partial charge in [0.05, 0.1) is 6.61 Å². The van der Waals surface area contributed by atoms with Gasteiger partial charge in [0.2, 0.25) is 0 Å². The first-order valence-corrected chi connectivity index (χ1v) is 6.70. The van der Waals surface area contributed by atoms with E-state index in [0.717, 1.165) is 6.42 Å². The van der Waals surface area contributed by atoms with E-state index in [0.29, 0.717) is 31.3 Å². The van der Waals surface area contributed by atoms with Crippen molar-refractivity contribution < 1.29 is 14.6 Å². The molecule has 3 nitrogen and oxygen atoms in total. The van der Waals surface area contributed by atoms with Crippen LogP contribution in [-0.2, 0) is 9.53 Å². The van der Waals surface area contributed by atoms with Gasteiger partial charge >= 0.3 is 5.97 Å². The van der Waals surface area contributed by atoms with Crippen LogP contribution in [0.15, 0.2) is 0 Å². The van der Waals surface area contributed by atoms with Crippen molar-refractivity contribution in [3.63, 3.8) is 0 Å². The molecule has 2 saturated carbocycles. The summed E-state index contributed by atoms with van der Waals surface area (Å²) in [5, 5.41) is 9.55. The second-order valence-electron chi connectivity index (χ2n) is 6.91. The average molecular weight is 240 g/mol. The lowest BCUT2D eigenvalue weighted by Crippen LogP contribution is -2.50. The van der Waals surface area contributed by atoms with Crippen molar-refractivity contribution in [3.8, 4) is 0 Å². The minimum absolute atomic E-state index is 0.0691. The molecule has 0 aromatic rings. The molecule has 2 atom stereocenters. The van der Waals surface area contributed by atoms with Crippen molar-refractivity contribution >= 4 is 5.97 Å². The maximum Gasteiger partial charge on any atom is 0.335 e.